The van der Waals surface area contributed by atoms with E-state index in [0.29, 0.717) is 12.0 Å². The third kappa shape index (κ3) is 9.27. The summed E-state index contributed by atoms with van der Waals surface area (Å²) < 4.78 is 0. The van der Waals surface area contributed by atoms with E-state index >= 15 is 0 Å². The van der Waals surface area contributed by atoms with Gasteiger partial charge in [0.1, 0.15) is 18.1 Å². The lowest BCUT2D eigenvalue weighted by molar-refractivity contribution is -0.142. The molecule has 3 amide bonds. The third-order valence-corrected chi connectivity index (χ3v) is 5.17. The van der Waals surface area contributed by atoms with Crippen LogP contribution in [0, 0.1) is 5.92 Å². The average molecular weight is 465 g/mol. The van der Waals surface area contributed by atoms with Crippen molar-refractivity contribution in [3.8, 4) is 0 Å². The van der Waals surface area contributed by atoms with Crippen molar-refractivity contribution in [2.45, 2.75) is 64.2 Å². The van der Waals surface area contributed by atoms with Crippen molar-refractivity contribution in [2.24, 2.45) is 11.7 Å². The second-order valence-corrected chi connectivity index (χ2v) is 7.90. The maximum absolute atomic E-state index is 13.1. The van der Waals surface area contributed by atoms with Gasteiger partial charge in [0.15, 0.2) is 0 Å². The van der Waals surface area contributed by atoms with Crippen LogP contribution < -0.4 is 21.7 Å². The normalized spacial score (nSPS) is 15.3. The Bertz CT molecular complexity index is 846. The van der Waals surface area contributed by atoms with E-state index in [-0.39, 0.29) is 12.3 Å². The molecule has 0 heterocycles. The molecule has 0 aromatic heterocycles. The zero-order valence-corrected chi connectivity index (χ0v) is 18.9. The number of benzene rings is 1. The number of carboxylic acid groups (broad SMARTS) is 2. The van der Waals surface area contributed by atoms with Crippen LogP contribution in [0.5, 0.6) is 0 Å². The molecule has 1 aromatic carbocycles. The van der Waals surface area contributed by atoms with E-state index in [2.05, 4.69) is 16.0 Å². The first kappa shape index (κ1) is 27.6. The molecule has 0 saturated heterocycles. The molecule has 5 atom stereocenters. The van der Waals surface area contributed by atoms with Gasteiger partial charge in [0, 0.05) is 6.42 Å². The van der Waals surface area contributed by atoms with Crippen molar-refractivity contribution in [3.63, 3.8) is 0 Å². The van der Waals surface area contributed by atoms with E-state index < -0.39 is 60.2 Å². The first-order chi connectivity index (χ1) is 15.5. The molecule has 11 nitrogen and oxygen atoms in total. The first-order valence-corrected chi connectivity index (χ1v) is 10.6. The molecular formula is C22H32N4O7. The molecule has 0 bridgehead atoms. The van der Waals surface area contributed by atoms with Gasteiger partial charge < -0.3 is 31.9 Å². The lowest BCUT2D eigenvalue weighted by atomic mass is 9.96. The van der Waals surface area contributed by atoms with Crippen LogP contribution in [0.15, 0.2) is 30.3 Å². The summed E-state index contributed by atoms with van der Waals surface area (Å²) in [5.41, 5.74) is 6.33. The molecule has 182 valence electrons. The Balaban J connectivity index is 3.08. The summed E-state index contributed by atoms with van der Waals surface area (Å²) in [5, 5.41) is 25.3. The van der Waals surface area contributed by atoms with Gasteiger partial charge in [0.05, 0.1) is 12.5 Å². The Labute approximate surface area is 192 Å². The van der Waals surface area contributed by atoms with E-state index in [1.54, 1.807) is 37.3 Å². The summed E-state index contributed by atoms with van der Waals surface area (Å²) in [6, 6.07) is 4.08. The lowest BCUT2D eigenvalue weighted by Crippen LogP contribution is -2.59. The van der Waals surface area contributed by atoms with E-state index in [1.807, 2.05) is 6.92 Å². The van der Waals surface area contributed by atoms with Gasteiger partial charge in [-0.15, -0.1) is 0 Å². The zero-order valence-electron chi connectivity index (χ0n) is 18.9. The van der Waals surface area contributed by atoms with Crippen LogP contribution in [0.1, 0.15) is 39.2 Å². The van der Waals surface area contributed by atoms with Crippen molar-refractivity contribution in [3.05, 3.63) is 35.9 Å². The molecule has 11 heteroatoms. The quantitative estimate of drug-likeness (QED) is 0.228. The van der Waals surface area contributed by atoms with Crippen molar-refractivity contribution in [1.29, 1.82) is 0 Å². The van der Waals surface area contributed by atoms with Gasteiger partial charge in [-0.2, -0.15) is 0 Å². The fraction of sp³-hybridized carbons (Fsp3) is 0.500. The summed E-state index contributed by atoms with van der Waals surface area (Å²) in [5.74, 6) is -4.99. The monoisotopic (exact) mass is 464 g/mol. The number of hydrogen-bond donors (Lipinski definition) is 6. The Kier molecular flexibility index (Phi) is 11.0. The van der Waals surface area contributed by atoms with Crippen LogP contribution in [-0.4, -0.2) is 64.0 Å². The van der Waals surface area contributed by atoms with Crippen LogP contribution in [0.4, 0.5) is 0 Å². The average Bonchev–Trinajstić information content (AvgIpc) is 2.76. The summed E-state index contributed by atoms with van der Waals surface area (Å²) >= 11 is 0. The molecule has 0 saturated carbocycles. The number of nitrogens with one attached hydrogen (secondary N) is 3. The predicted octanol–water partition coefficient (Wildman–Crippen LogP) is -0.364. The number of aliphatic carboxylic acids is 2. The molecule has 0 fully saturated rings. The minimum Gasteiger partial charge on any atom is -0.481 e. The highest BCUT2D eigenvalue weighted by Crippen LogP contribution is 2.11. The number of carbonyl (C=O) groups excluding carboxylic acids is 3. The third-order valence-electron chi connectivity index (χ3n) is 5.17. The van der Waals surface area contributed by atoms with Crippen molar-refractivity contribution >= 4 is 29.7 Å². The molecule has 1 aromatic rings. The van der Waals surface area contributed by atoms with E-state index in [0.717, 1.165) is 0 Å². The fourth-order valence-electron chi connectivity index (χ4n) is 2.94. The molecule has 7 N–H and O–H groups in total. The molecule has 0 aliphatic carbocycles. The van der Waals surface area contributed by atoms with Gasteiger partial charge in [-0.3, -0.25) is 24.0 Å². The lowest BCUT2D eigenvalue weighted by Gasteiger charge is -2.27. The number of rotatable bonds is 13. The van der Waals surface area contributed by atoms with Crippen LogP contribution in [-0.2, 0) is 30.4 Å². The fourth-order valence-corrected chi connectivity index (χ4v) is 2.94. The maximum Gasteiger partial charge on any atom is 0.325 e. The Morgan fingerprint density at radius 2 is 1.52 bits per heavy atom. The highest BCUT2D eigenvalue weighted by Gasteiger charge is 2.32. The summed E-state index contributed by atoms with van der Waals surface area (Å²) in [7, 11) is 0. The summed E-state index contributed by atoms with van der Waals surface area (Å²) in [4.78, 5) is 60.1. The highest BCUT2D eigenvalue weighted by atomic mass is 16.4. The van der Waals surface area contributed by atoms with Gasteiger partial charge >= 0.3 is 11.9 Å². The standard InChI is InChI=1S/C22H32N4O7/c1-4-12(2)18(21(31)24-13(3)22(32)33)26-20(30)16(10-14-8-6-5-7-9-14)25-19(29)15(23)11-17(27)28/h5-9,12-13,15-16,18H,4,10-11,23H2,1-3H3,(H,24,31)(H,25,29)(H,26,30)(H,27,28)(H,32,33). The number of nitrogens with two attached hydrogens (primary N) is 1. The van der Waals surface area contributed by atoms with Gasteiger partial charge in [-0.25, -0.2) is 0 Å². The molecule has 0 radical (unpaired) electrons. The smallest absolute Gasteiger partial charge is 0.325 e. The van der Waals surface area contributed by atoms with E-state index in [1.165, 1.54) is 6.92 Å². The van der Waals surface area contributed by atoms with Crippen molar-refractivity contribution < 1.29 is 34.2 Å². The second kappa shape index (κ2) is 13.2. The van der Waals surface area contributed by atoms with Crippen LogP contribution in [0.3, 0.4) is 0 Å². The largest absolute Gasteiger partial charge is 0.481 e. The molecule has 0 spiro atoms. The SMILES string of the molecule is CCC(C)C(NC(=O)C(Cc1ccccc1)NC(=O)C(N)CC(=O)O)C(=O)NC(C)C(=O)O. The van der Waals surface area contributed by atoms with Crippen LogP contribution in [0.25, 0.3) is 0 Å². The molecule has 33 heavy (non-hydrogen) atoms. The minimum absolute atomic E-state index is 0.0680. The zero-order chi connectivity index (χ0) is 25.1. The van der Waals surface area contributed by atoms with Gasteiger partial charge in [0.2, 0.25) is 17.7 Å². The number of hydrogen-bond acceptors (Lipinski definition) is 6. The number of carboxylic acids is 2. The molecule has 0 aliphatic rings. The van der Waals surface area contributed by atoms with Crippen LogP contribution in [0.2, 0.25) is 0 Å². The summed E-state index contributed by atoms with van der Waals surface area (Å²) in [6.45, 7) is 4.84. The maximum atomic E-state index is 13.1. The molecule has 5 unspecified atom stereocenters. The highest BCUT2D eigenvalue weighted by molar-refractivity contribution is 5.95. The topological polar surface area (TPSA) is 188 Å². The van der Waals surface area contributed by atoms with Crippen LogP contribution >= 0.6 is 0 Å². The molecule has 0 aliphatic heterocycles. The Morgan fingerprint density at radius 3 is 2.03 bits per heavy atom. The number of amides is 3. The van der Waals surface area contributed by atoms with Gasteiger partial charge in [-0.05, 0) is 18.4 Å². The Morgan fingerprint density at radius 1 is 0.909 bits per heavy atom. The summed E-state index contributed by atoms with van der Waals surface area (Å²) in [6.07, 6.45) is -0.0337. The van der Waals surface area contributed by atoms with Crippen molar-refractivity contribution in [2.75, 3.05) is 0 Å². The predicted molar refractivity (Wildman–Crippen MR) is 119 cm³/mol. The molecule has 1 rings (SSSR count). The van der Waals surface area contributed by atoms with E-state index in [4.69, 9.17) is 15.9 Å². The minimum atomic E-state index is -1.36. The van der Waals surface area contributed by atoms with E-state index in [9.17, 15) is 24.0 Å². The van der Waals surface area contributed by atoms with Gasteiger partial charge in [-0.1, -0.05) is 50.6 Å². The van der Waals surface area contributed by atoms with Gasteiger partial charge in [0.25, 0.3) is 0 Å². The van der Waals surface area contributed by atoms with Crippen molar-refractivity contribution in [1.82, 2.24) is 16.0 Å². The molecular weight excluding hydrogens is 432 g/mol. The first-order valence-electron chi connectivity index (χ1n) is 10.6. The number of carbonyl (C=O) groups is 5. The Hall–Kier alpha value is -3.47. The second-order valence-electron chi connectivity index (χ2n) is 7.90.